The van der Waals surface area contributed by atoms with E-state index in [0.717, 1.165) is 41.2 Å². The zero-order valence-electron chi connectivity index (χ0n) is 9.16. The van der Waals surface area contributed by atoms with E-state index in [1.807, 2.05) is 18.4 Å². The highest BCUT2D eigenvalue weighted by atomic mass is 32.2. The SMILES string of the molecule is CSc1c(CC2(O)CC2)ccc2c1OCO2. The molecule has 0 bridgehead atoms. The van der Waals surface area contributed by atoms with Crippen LogP contribution in [0.15, 0.2) is 17.0 Å². The Morgan fingerprint density at radius 3 is 2.88 bits per heavy atom. The van der Waals surface area contributed by atoms with Crippen molar-refractivity contribution in [2.75, 3.05) is 13.0 Å². The van der Waals surface area contributed by atoms with Crippen LogP contribution in [0.25, 0.3) is 0 Å². The van der Waals surface area contributed by atoms with E-state index in [2.05, 4.69) is 0 Å². The Bertz CT molecular complexity index is 427. The lowest BCUT2D eigenvalue weighted by atomic mass is 10.1. The molecule has 0 radical (unpaired) electrons. The van der Waals surface area contributed by atoms with Crippen LogP contribution in [0.1, 0.15) is 18.4 Å². The summed E-state index contributed by atoms with van der Waals surface area (Å²) in [5.41, 5.74) is 0.704. The second kappa shape index (κ2) is 3.57. The van der Waals surface area contributed by atoms with Gasteiger partial charge in [0.05, 0.1) is 10.5 Å². The van der Waals surface area contributed by atoms with Gasteiger partial charge in [-0.05, 0) is 30.7 Å². The average molecular weight is 238 g/mol. The average Bonchev–Trinajstić information content (AvgIpc) is 2.80. The van der Waals surface area contributed by atoms with Gasteiger partial charge in [0.1, 0.15) is 0 Å². The molecule has 86 valence electrons. The van der Waals surface area contributed by atoms with Crippen molar-refractivity contribution >= 4 is 11.8 Å². The van der Waals surface area contributed by atoms with Gasteiger partial charge in [0.15, 0.2) is 11.5 Å². The van der Waals surface area contributed by atoms with Crippen molar-refractivity contribution in [1.82, 2.24) is 0 Å². The molecule has 1 aliphatic heterocycles. The molecule has 0 saturated heterocycles. The molecule has 3 nitrogen and oxygen atoms in total. The maximum Gasteiger partial charge on any atom is 0.231 e. The third-order valence-electron chi connectivity index (χ3n) is 3.13. The number of hydrogen-bond donors (Lipinski definition) is 1. The van der Waals surface area contributed by atoms with Gasteiger partial charge in [0.25, 0.3) is 0 Å². The molecule has 1 aliphatic carbocycles. The smallest absolute Gasteiger partial charge is 0.231 e. The maximum atomic E-state index is 9.97. The Morgan fingerprint density at radius 1 is 1.38 bits per heavy atom. The predicted molar refractivity (Wildman–Crippen MR) is 62.2 cm³/mol. The third-order valence-corrected chi connectivity index (χ3v) is 3.98. The first kappa shape index (κ1) is 10.3. The fourth-order valence-electron chi connectivity index (χ4n) is 2.03. The quantitative estimate of drug-likeness (QED) is 0.819. The number of hydrogen-bond acceptors (Lipinski definition) is 4. The molecule has 0 amide bonds. The summed E-state index contributed by atoms with van der Waals surface area (Å²) in [5, 5.41) is 9.97. The van der Waals surface area contributed by atoms with Crippen molar-refractivity contribution < 1.29 is 14.6 Å². The van der Waals surface area contributed by atoms with Crippen LogP contribution in [0.5, 0.6) is 11.5 Å². The van der Waals surface area contributed by atoms with Gasteiger partial charge in [-0.15, -0.1) is 11.8 Å². The van der Waals surface area contributed by atoms with Gasteiger partial charge >= 0.3 is 0 Å². The number of ether oxygens (including phenoxy) is 2. The van der Waals surface area contributed by atoms with Crippen LogP contribution in [-0.2, 0) is 6.42 Å². The molecule has 3 rings (SSSR count). The molecule has 0 unspecified atom stereocenters. The summed E-state index contributed by atoms with van der Waals surface area (Å²) in [5.74, 6) is 1.66. The highest BCUT2D eigenvalue weighted by molar-refractivity contribution is 7.98. The summed E-state index contributed by atoms with van der Waals surface area (Å²) in [6.07, 6.45) is 4.57. The van der Waals surface area contributed by atoms with E-state index in [9.17, 15) is 5.11 Å². The van der Waals surface area contributed by atoms with Gasteiger partial charge in [0, 0.05) is 6.42 Å². The predicted octanol–water partition coefficient (Wildman–Crippen LogP) is 2.20. The van der Waals surface area contributed by atoms with Crippen molar-refractivity contribution in [3.05, 3.63) is 17.7 Å². The van der Waals surface area contributed by atoms with Crippen molar-refractivity contribution in [1.29, 1.82) is 0 Å². The van der Waals surface area contributed by atoms with E-state index >= 15 is 0 Å². The number of aliphatic hydroxyl groups is 1. The first-order chi connectivity index (χ1) is 7.72. The Balaban J connectivity index is 1.98. The standard InChI is InChI=1S/C12H14O3S/c1-16-11-8(6-12(13)4-5-12)2-3-9-10(11)15-7-14-9/h2-3,13H,4-7H2,1H3. The molecule has 1 heterocycles. The molecule has 1 saturated carbocycles. The van der Waals surface area contributed by atoms with Crippen LogP contribution < -0.4 is 9.47 Å². The Labute approximate surface area is 98.8 Å². The number of rotatable bonds is 3. The van der Waals surface area contributed by atoms with E-state index in [-0.39, 0.29) is 0 Å². The fourth-order valence-corrected chi connectivity index (χ4v) is 2.77. The van der Waals surface area contributed by atoms with Crippen molar-refractivity contribution in [2.24, 2.45) is 0 Å². The molecular weight excluding hydrogens is 224 g/mol. The van der Waals surface area contributed by atoms with Crippen molar-refractivity contribution in [3.8, 4) is 11.5 Å². The first-order valence-corrected chi connectivity index (χ1v) is 6.62. The van der Waals surface area contributed by atoms with Crippen LogP contribution in [0, 0.1) is 0 Å². The molecule has 1 fully saturated rings. The van der Waals surface area contributed by atoms with Gasteiger partial charge in [-0.3, -0.25) is 0 Å². The summed E-state index contributed by atoms with van der Waals surface area (Å²) in [6, 6.07) is 3.97. The summed E-state index contributed by atoms with van der Waals surface area (Å²) < 4.78 is 10.8. The summed E-state index contributed by atoms with van der Waals surface area (Å²) in [6.45, 7) is 0.302. The third kappa shape index (κ3) is 1.66. The molecule has 0 aromatic heterocycles. The van der Waals surface area contributed by atoms with E-state index in [4.69, 9.17) is 9.47 Å². The minimum atomic E-state index is -0.460. The van der Waals surface area contributed by atoms with Gasteiger partial charge in [0.2, 0.25) is 6.79 Å². The Kier molecular flexibility index (Phi) is 2.30. The highest BCUT2D eigenvalue weighted by Crippen LogP contribution is 2.46. The second-order valence-electron chi connectivity index (χ2n) is 4.39. The molecule has 1 aromatic rings. The molecule has 0 spiro atoms. The zero-order chi connectivity index (χ0) is 11.2. The molecule has 0 atom stereocenters. The molecule has 4 heteroatoms. The monoisotopic (exact) mass is 238 g/mol. The number of benzene rings is 1. The summed E-state index contributed by atoms with van der Waals surface area (Å²) >= 11 is 1.65. The zero-order valence-corrected chi connectivity index (χ0v) is 9.97. The van der Waals surface area contributed by atoms with Crippen molar-refractivity contribution in [3.63, 3.8) is 0 Å². The van der Waals surface area contributed by atoms with Crippen LogP contribution in [0.3, 0.4) is 0 Å². The molecule has 2 aliphatic rings. The van der Waals surface area contributed by atoms with Gasteiger partial charge < -0.3 is 14.6 Å². The topological polar surface area (TPSA) is 38.7 Å². The van der Waals surface area contributed by atoms with Gasteiger partial charge in [-0.1, -0.05) is 6.07 Å². The first-order valence-electron chi connectivity index (χ1n) is 5.40. The van der Waals surface area contributed by atoms with Crippen LogP contribution in [-0.4, -0.2) is 23.8 Å². The van der Waals surface area contributed by atoms with E-state index in [1.54, 1.807) is 11.8 Å². The van der Waals surface area contributed by atoms with E-state index < -0.39 is 5.60 Å². The van der Waals surface area contributed by atoms with E-state index in [0.29, 0.717) is 6.79 Å². The Morgan fingerprint density at radius 2 is 2.19 bits per heavy atom. The largest absolute Gasteiger partial charge is 0.454 e. The molecule has 1 aromatic carbocycles. The lowest BCUT2D eigenvalue weighted by Gasteiger charge is -2.13. The number of fused-ring (bicyclic) bond motifs is 1. The fraction of sp³-hybridized carbons (Fsp3) is 0.500. The van der Waals surface area contributed by atoms with Gasteiger partial charge in [-0.2, -0.15) is 0 Å². The van der Waals surface area contributed by atoms with E-state index in [1.165, 1.54) is 0 Å². The van der Waals surface area contributed by atoms with Crippen molar-refractivity contribution in [2.45, 2.75) is 29.8 Å². The maximum absolute atomic E-state index is 9.97. The second-order valence-corrected chi connectivity index (χ2v) is 5.21. The molecule has 16 heavy (non-hydrogen) atoms. The molecular formula is C12H14O3S. The number of thioether (sulfide) groups is 1. The van der Waals surface area contributed by atoms with Crippen LogP contribution >= 0.6 is 11.8 Å². The minimum absolute atomic E-state index is 0.302. The highest BCUT2D eigenvalue weighted by Gasteiger charge is 2.41. The normalized spacial score (nSPS) is 19.9. The Hall–Kier alpha value is -0.870. The van der Waals surface area contributed by atoms with Crippen LogP contribution in [0.4, 0.5) is 0 Å². The lowest BCUT2D eigenvalue weighted by molar-refractivity contribution is 0.150. The lowest BCUT2D eigenvalue weighted by Crippen LogP contribution is -2.11. The van der Waals surface area contributed by atoms with Crippen LogP contribution in [0.2, 0.25) is 0 Å². The minimum Gasteiger partial charge on any atom is -0.454 e. The summed E-state index contributed by atoms with van der Waals surface area (Å²) in [7, 11) is 0. The van der Waals surface area contributed by atoms with Gasteiger partial charge in [-0.25, -0.2) is 0 Å². The molecule has 1 N–H and O–H groups in total. The summed E-state index contributed by atoms with van der Waals surface area (Å²) in [4.78, 5) is 1.11.